The van der Waals surface area contributed by atoms with Crippen LogP contribution >= 0.6 is 11.6 Å². The molecule has 68 valence electrons. The molecule has 0 saturated carbocycles. The summed E-state index contributed by atoms with van der Waals surface area (Å²) in [7, 11) is 0. The Morgan fingerprint density at radius 3 is 2.92 bits per heavy atom. The quantitative estimate of drug-likeness (QED) is 0.735. The Morgan fingerprint density at radius 2 is 2.23 bits per heavy atom. The van der Waals surface area contributed by atoms with Crippen LogP contribution in [-0.2, 0) is 6.42 Å². The van der Waals surface area contributed by atoms with Crippen molar-refractivity contribution in [2.45, 2.75) is 6.42 Å². The van der Waals surface area contributed by atoms with E-state index >= 15 is 0 Å². The molecule has 0 aromatic heterocycles. The predicted octanol–water partition coefficient (Wildman–Crippen LogP) is 2.41. The van der Waals surface area contributed by atoms with Crippen LogP contribution in [-0.4, -0.2) is 11.7 Å². The van der Waals surface area contributed by atoms with Gasteiger partial charge in [-0.25, -0.2) is 4.39 Å². The van der Waals surface area contributed by atoms with Crippen molar-refractivity contribution in [2.24, 2.45) is 0 Å². The fourth-order valence-electron chi connectivity index (χ4n) is 1.52. The molecule has 0 saturated heterocycles. The second-order valence-corrected chi connectivity index (χ2v) is 3.44. The lowest BCUT2D eigenvalue weighted by atomic mass is 10.1. The molecular weight excluding hydrogens is 191 g/mol. The van der Waals surface area contributed by atoms with Gasteiger partial charge in [-0.3, -0.25) is 0 Å². The Morgan fingerprint density at radius 1 is 1.46 bits per heavy atom. The van der Waals surface area contributed by atoms with Crippen LogP contribution < -0.4 is 0 Å². The van der Waals surface area contributed by atoms with Crippen molar-refractivity contribution in [1.82, 2.24) is 0 Å². The zero-order chi connectivity index (χ0) is 9.42. The van der Waals surface area contributed by atoms with E-state index in [1.165, 1.54) is 6.07 Å². The van der Waals surface area contributed by atoms with Crippen LogP contribution in [0.2, 0.25) is 5.02 Å². The number of benzene rings is 1. The zero-order valence-corrected chi connectivity index (χ0v) is 7.61. The van der Waals surface area contributed by atoms with Crippen molar-refractivity contribution in [3.05, 3.63) is 39.7 Å². The molecule has 0 atom stereocenters. The summed E-state index contributed by atoms with van der Waals surface area (Å²) in [6.45, 7) is 0.00658. The minimum atomic E-state index is -0.395. The Balaban J connectivity index is 2.49. The van der Waals surface area contributed by atoms with Crippen molar-refractivity contribution in [2.75, 3.05) is 6.61 Å². The third-order valence-corrected chi connectivity index (χ3v) is 2.61. The molecule has 0 bridgehead atoms. The Hall–Kier alpha value is -0.860. The van der Waals surface area contributed by atoms with Crippen molar-refractivity contribution in [3.8, 4) is 0 Å². The first-order valence-electron chi connectivity index (χ1n) is 3.99. The molecule has 0 heterocycles. The largest absolute Gasteiger partial charge is 0.392 e. The van der Waals surface area contributed by atoms with Crippen LogP contribution in [0.4, 0.5) is 4.39 Å². The van der Waals surface area contributed by atoms with E-state index in [2.05, 4.69) is 0 Å². The van der Waals surface area contributed by atoms with Crippen molar-refractivity contribution in [3.63, 3.8) is 0 Å². The maximum absolute atomic E-state index is 13.0. The molecule has 0 amide bonds. The van der Waals surface area contributed by atoms with Gasteiger partial charge in [0.05, 0.1) is 11.6 Å². The standard InChI is InChI=1S/C10H8ClFO/c11-10-8-4-6(5-13)3-7(8)1-2-9(10)12/h1-3,13H,4-5H2. The highest BCUT2D eigenvalue weighted by atomic mass is 35.5. The molecule has 13 heavy (non-hydrogen) atoms. The lowest BCUT2D eigenvalue weighted by Crippen LogP contribution is -1.92. The first-order chi connectivity index (χ1) is 6.22. The van der Waals surface area contributed by atoms with Crippen LogP contribution in [0, 0.1) is 5.82 Å². The van der Waals surface area contributed by atoms with Crippen LogP contribution in [0.5, 0.6) is 0 Å². The Bertz CT molecular complexity index is 385. The summed E-state index contributed by atoms with van der Waals surface area (Å²) < 4.78 is 13.0. The Labute approximate surface area is 80.5 Å². The van der Waals surface area contributed by atoms with E-state index in [1.54, 1.807) is 6.07 Å². The van der Waals surface area contributed by atoms with Gasteiger partial charge < -0.3 is 5.11 Å². The maximum Gasteiger partial charge on any atom is 0.142 e. The number of rotatable bonds is 1. The van der Waals surface area contributed by atoms with Gasteiger partial charge in [0.1, 0.15) is 5.82 Å². The number of halogens is 2. The molecular formula is C10H8ClFO. The summed E-state index contributed by atoms with van der Waals surface area (Å²) in [5.41, 5.74) is 2.57. The van der Waals surface area contributed by atoms with E-state index < -0.39 is 5.82 Å². The average Bonchev–Trinajstić information content (AvgIpc) is 2.55. The third-order valence-electron chi connectivity index (χ3n) is 2.20. The highest BCUT2D eigenvalue weighted by Crippen LogP contribution is 2.32. The minimum absolute atomic E-state index is 0.00658. The molecule has 0 unspecified atom stereocenters. The maximum atomic E-state index is 13.0. The van der Waals surface area contributed by atoms with Gasteiger partial charge in [-0.1, -0.05) is 23.7 Å². The molecule has 0 radical (unpaired) electrons. The van der Waals surface area contributed by atoms with E-state index in [1.807, 2.05) is 6.08 Å². The van der Waals surface area contributed by atoms with E-state index in [9.17, 15) is 4.39 Å². The molecule has 2 rings (SSSR count). The predicted molar refractivity (Wildman–Crippen MR) is 50.2 cm³/mol. The van der Waals surface area contributed by atoms with Gasteiger partial charge in [-0.05, 0) is 29.2 Å². The van der Waals surface area contributed by atoms with E-state index in [0.29, 0.717) is 6.42 Å². The molecule has 0 fully saturated rings. The van der Waals surface area contributed by atoms with Crippen molar-refractivity contribution >= 4 is 17.7 Å². The van der Waals surface area contributed by atoms with Gasteiger partial charge in [-0.15, -0.1) is 0 Å². The number of hydrogen-bond donors (Lipinski definition) is 1. The highest BCUT2D eigenvalue weighted by molar-refractivity contribution is 6.31. The minimum Gasteiger partial charge on any atom is -0.392 e. The molecule has 1 aliphatic rings. The van der Waals surface area contributed by atoms with Crippen LogP contribution in [0.15, 0.2) is 17.7 Å². The summed E-state index contributed by atoms with van der Waals surface area (Å²) >= 11 is 5.77. The number of aliphatic hydroxyl groups is 1. The monoisotopic (exact) mass is 198 g/mol. The molecule has 0 spiro atoms. The highest BCUT2D eigenvalue weighted by Gasteiger charge is 2.17. The van der Waals surface area contributed by atoms with Gasteiger partial charge in [0.25, 0.3) is 0 Å². The van der Waals surface area contributed by atoms with Crippen LogP contribution in [0.3, 0.4) is 0 Å². The topological polar surface area (TPSA) is 20.2 Å². The van der Waals surface area contributed by atoms with Crippen LogP contribution in [0.1, 0.15) is 11.1 Å². The number of fused-ring (bicyclic) bond motifs is 1. The van der Waals surface area contributed by atoms with Crippen molar-refractivity contribution < 1.29 is 9.50 Å². The smallest absolute Gasteiger partial charge is 0.142 e. The molecule has 1 aromatic rings. The second kappa shape index (κ2) is 3.13. The SMILES string of the molecule is OCC1=Cc2ccc(F)c(Cl)c2C1. The van der Waals surface area contributed by atoms with Crippen LogP contribution in [0.25, 0.3) is 6.08 Å². The molecule has 0 aliphatic heterocycles. The van der Waals surface area contributed by atoms with E-state index in [0.717, 1.165) is 16.7 Å². The van der Waals surface area contributed by atoms with Gasteiger partial charge >= 0.3 is 0 Å². The molecule has 3 heteroatoms. The number of aliphatic hydroxyl groups excluding tert-OH is 1. The van der Waals surface area contributed by atoms with E-state index in [4.69, 9.17) is 16.7 Å². The lowest BCUT2D eigenvalue weighted by molar-refractivity contribution is 0.330. The average molecular weight is 199 g/mol. The molecule has 1 aromatic carbocycles. The molecule has 1 N–H and O–H groups in total. The summed E-state index contributed by atoms with van der Waals surface area (Å²) in [6, 6.07) is 3.02. The lowest BCUT2D eigenvalue weighted by Gasteiger charge is -2.02. The summed E-state index contributed by atoms with van der Waals surface area (Å²) in [5, 5.41) is 9.07. The number of hydrogen-bond acceptors (Lipinski definition) is 1. The zero-order valence-electron chi connectivity index (χ0n) is 6.85. The summed E-state index contributed by atoms with van der Waals surface area (Å²) in [6.07, 6.45) is 2.41. The van der Waals surface area contributed by atoms with Gasteiger partial charge in [0.15, 0.2) is 0 Å². The summed E-state index contributed by atoms with van der Waals surface area (Å²) in [5.74, 6) is -0.395. The Kier molecular flexibility index (Phi) is 2.10. The first kappa shape index (κ1) is 8.73. The second-order valence-electron chi connectivity index (χ2n) is 3.07. The normalized spacial score (nSPS) is 14.2. The van der Waals surface area contributed by atoms with Gasteiger partial charge in [0, 0.05) is 0 Å². The van der Waals surface area contributed by atoms with E-state index in [-0.39, 0.29) is 11.6 Å². The fraction of sp³-hybridized carbons (Fsp3) is 0.200. The first-order valence-corrected chi connectivity index (χ1v) is 4.37. The molecule has 1 nitrogen and oxygen atoms in total. The molecule has 1 aliphatic carbocycles. The van der Waals surface area contributed by atoms with Crippen molar-refractivity contribution in [1.29, 1.82) is 0 Å². The van der Waals surface area contributed by atoms with Gasteiger partial charge in [-0.2, -0.15) is 0 Å². The third kappa shape index (κ3) is 1.36. The van der Waals surface area contributed by atoms with Gasteiger partial charge in [0.2, 0.25) is 0 Å². The fourth-order valence-corrected chi connectivity index (χ4v) is 1.76. The summed E-state index contributed by atoms with van der Waals surface area (Å²) in [4.78, 5) is 0.